The molecule has 3 fully saturated rings. The van der Waals surface area contributed by atoms with Crippen LogP contribution in [0.15, 0.2) is 55.6 Å². The fourth-order valence-electron chi connectivity index (χ4n) is 7.35. The summed E-state index contributed by atoms with van der Waals surface area (Å²) in [5, 5.41) is 13.6. The molecule has 252 valence electrons. The van der Waals surface area contributed by atoms with Crippen molar-refractivity contribution < 1.29 is 33.8 Å². The number of nitrogens with zero attached hydrogens (tertiary/aromatic N) is 2. The molecule has 11 heteroatoms. The highest BCUT2D eigenvalue weighted by Crippen LogP contribution is 2.60. The van der Waals surface area contributed by atoms with E-state index in [0.29, 0.717) is 19.3 Å². The number of carbonyl (C=O) groups excluding carboxylic acids is 4. The van der Waals surface area contributed by atoms with Gasteiger partial charge in [0.25, 0.3) is 0 Å². The monoisotopic (exact) mass is 701 g/mol. The zero-order chi connectivity index (χ0) is 33.8. The lowest BCUT2D eigenvalue weighted by Gasteiger charge is -2.40. The molecule has 0 radical (unpaired) electrons. The van der Waals surface area contributed by atoms with Gasteiger partial charge in [-0.15, -0.1) is 13.2 Å². The van der Waals surface area contributed by atoms with Crippen LogP contribution in [0.4, 0.5) is 0 Å². The summed E-state index contributed by atoms with van der Waals surface area (Å²) in [4.78, 5) is 58.6. The number of hydrogen-bond acceptors (Lipinski definition) is 7. The van der Waals surface area contributed by atoms with Gasteiger partial charge in [0.1, 0.15) is 18.2 Å². The molecule has 8 atom stereocenters. The minimum absolute atomic E-state index is 0.0927. The van der Waals surface area contributed by atoms with E-state index in [1.807, 2.05) is 58.0 Å². The first-order valence-corrected chi connectivity index (χ1v) is 17.1. The Morgan fingerprint density at radius 3 is 2.48 bits per heavy atom. The van der Waals surface area contributed by atoms with Gasteiger partial charge in [0.2, 0.25) is 17.7 Å². The van der Waals surface area contributed by atoms with E-state index in [1.165, 1.54) is 4.90 Å². The molecule has 1 aromatic carbocycles. The van der Waals surface area contributed by atoms with Crippen molar-refractivity contribution in [3.63, 3.8) is 0 Å². The van der Waals surface area contributed by atoms with E-state index in [2.05, 4.69) is 34.4 Å². The third-order valence-electron chi connectivity index (χ3n) is 9.33. The smallest absolute Gasteiger partial charge is 0.306 e. The molecule has 0 aromatic heterocycles. The molecule has 0 aliphatic carbocycles. The molecule has 3 amide bonds. The molecule has 3 saturated heterocycles. The Morgan fingerprint density at radius 2 is 1.89 bits per heavy atom. The van der Waals surface area contributed by atoms with Crippen molar-refractivity contribution in [1.82, 2.24) is 15.1 Å². The Morgan fingerprint density at radius 1 is 1.20 bits per heavy atom. The third kappa shape index (κ3) is 6.96. The van der Waals surface area contributed by atoms with Crippen LogP contribution >= 0.6 is 15.9 Å². The van der Waals surface area contributed by atoms with Crippen LogP contribution in [0.25, 0.3) is 0 Å². The van der Waals surface area contributed by atoms with E-state index in [4.69, 9.17) is 9.47 Å². The number of aliphatic hydroxyl groups excluding tert-OH is 1. The average Bonchev–Trinajstić information content (AvgIpc) is 3.62. The Hall–Kier alpha value is -3.02. The van der Waals surface area contributed by atoms with Crippen LogP contribution in [0.2, 0.25) is 0 Å². The number of halogens is 1. The molecule has 46 heavy (non-hydrogen) atoms. The van der Waals surface area contributed by atoms with Crippen LogP contribution in [0.5, 0.6) is 0 Å². The summed E-state index contributed by atoms with van der Waals surface area (Å²) in [7, 11) is 0. The summed E-state index contributed by atoms with van der Waals surface area (Å²) in [6.07, 6.45) is 4.10. The lowest BCUT2D eigenvalue weighted by molar-refractivity contribution is -0.152. The predicted octanol–water partition coefficient (Wildman–Crippen LogP) is 3.93. The molecule has 0 saturated carbocycles. The number of ether oxygens (including phenoxy) is 2. The van der Waals surface area contributed by atoms with Crippen molar-refractivity contribution in [2.45, 2.75) is 94.1 Å². The van der Waals surface area contributed by atoms with Crippen molar-refractivity contribution in [2.75, 3.05) is 19.8 Å². The summed E-state index contributed by atoms with van der Waals surface area (Å²) in [6.45, 7) is 15.1. The third-order valence-corrected chi connectivity index (χ3v) is 10.2. The number of hydrogen-bond donors (Lipinski definition) is 2. The molecule has 1 aromatic rings. The number of benzene rings is 1. The topological polar surface area (TPSA) is 125 Å². The lowest BCUT2D eigenvalue weighted by atomic mass is 9.70. The standard InChI is InChI=1S/C35H48BrN3O7/c1-7-9-15-27(41)45-20-26(23-13-11-10-12-14-23)37-32(42)28-29-33(43)39(24(19-40)17-21(3)4)31(34(44)38(16-8-2)22(5)6)35(29)18-25(36)30(28)46-35/h7-8,10-14,21-22,24-26,28-31,40H,1-2,9,15-20H2,3-6H3,(H,37,42)/t24-,25?,26-,28+,29-,30+,31+,35-/m1/s1. The van der Waals surface area contributed by atoms with Gasteiger partial charge < -0.3 is 29.7 Å². The second-order valence-corrected chi connectivity index (χ2v) is 14.4. The Kier molecular flexibility index (Phi) is 11.9. The van der Waals surface area contributed by atoms with Crippen LogP contribution in [-0.4, -0.2) is 93.0 Å². The number of alkyl halides is 1. The number of fused-ring (bicyclic) bond motifs is 1. The second-order valence-electron chi connectivity index (χ2n) is 13.2. The normalized spacial score (nSPS) is 27.8. The Bertz CT molecular complexity index is 1290. The number of carbonyl (C=O) groups is 4. The highest BCUT2D eigenvalue weighted by atomic mass is 79.9. The molecule has 2 bridgehead atoms. The summed E-state index contributed by atoms with van der Waals surface area (Å²) < 4.78 is 12.2. The molecule has 4 rings (SSSR count). The van der Waals surface area contributed by atoms with Gasteiger partial charge >= 0.3 is 5.97 Å². The maximum absolute atomic E-state index is 14.6. The van der Waals surface area contributed by atoms with E-state index in [0.717, 1.165) is 5.56 Å². The minimum atomic E-state index is -1.27. The molecule has 2 N–H and O–H groups in total. The Labute approximate surface area is 280 Å². The maximum Gasteiger partial charge on any atom is 0.306 e. The number of aliphatic hydroxyl groups is 1. The number of esters is 1. The zero-order valence-electron chi connectivity index (χ0n) is 27.3. The first kappa shape index (κ1) is 35.8. The number of likely N-dealkylation sites (tertiary alicyclic amines) is 1. The maximum atomic E-state index is 14.6. The summed E-state index contributed by atoms with van der Waals surface area (Å²) in [6, 6.07) is 6.67. The fraction of sp³-hybridized carbons (Fsp3) is 0.600. The SMILES string of the molecule is C=CCCC(=O)OC[C@@H](NC(=O)[C@@H]1[C@H]2O[C@@]3(CC2Br)[C@H](C(=O)N(CC=C)C(C)C)N([C@@H](CO)CC(C)C)C(=O)[C@@H]13)c1ccccc1. The summed E-state index contributed by atoms with van der Waals surface area (Å²) in [5.74, 6) is -3.21. The Balaban J connectivity index is 1.72. The predicted molar refractivity (Wildman–Crippen MR) is 178 cm³/mol. The largest absolute Gasteiger partial charge is 0.463 e. The van der Waals surface area contributed by atoms with Crippen molar-refractivity contribution in [3.8, 4) is 0 Å². The van der Waals surface area contributed by atoms with E-state index >= 15 is 0 Å². The van der Waals surface area contributed by atoms with E-state index in [1.54, 1.807) is 17.1 Å². The van der Waals surface area contributed by atoms with Crippen LogP contribution in [-0.2, 0) is 28.7 Å². The van der Waals surface area contributed by atoms with Gasteiger partial charge in [-0.1, -0.05) is 72.3 Å². The first-order valence-electron chi connectivity index (χ1n) is 16.2. The summed E-state index contributed by atoms with van der Waals surface area (Å²) >= 11 is 3.73. The van der Waals surface area contributed by atoms with Gasteiger partial charge in [-0.25, -0.2) is 0 Å². The van der Waals surface area contributed by atoms with Crippen molar-refractivity contribution in [1.29, 1.82) is 0 Å². The molecule has 3 aliphatic rings. The van der Waals surface area contributed by atoms with Gasteiger partial charge in [-0.2, -0.15) is 0 Å². The number of rotatable bonds is 16. The van der Waals surface area contributed by atoms with Crippen LogP contribution in [0.3, 0.4) is 0 Å². The zero-order valence-corrected chi connectivity index (χ0v) is 28.9. The second kappa shape index (κ2) is 15.3. The quantitative estimate of drug-likeness (QED) is 0.152. The van der Waals surface area contributed by atoms with Crippen molar-refractivity contribution >= 4 is 39.6 Å². The molecule has 3 heterocycles. The fourth-order valence-corrected chi connectivity index (χ4v) is 8.30. The molecule has 3 aliphatic heterocycles. The van der Waals surface area contributed by atoms with Gasteiger partial charge in [-0.05, 0) is 44.6 Å². The first-order chi connectivity index (χ1) is 21.9. The molecule has 10 nitrogen and oxygen atoms in total. The van der Waals surface area contributed by atoms with Crippen molar-refractivity contribution in [3.05, 3.63) is 61.2 Å². The van der Waals surface area contributed by atoms with Gasteiger partial charge in [0.15, 0.2) is 0 Å². The van der Waals surface area contributed by atoms with Crippen LogP contribution in [0.1, 0.15) is 65.0 Å². The molecule has 1 unspecified atom stereocenters. The van der Waals surface area contributed by atoms with Crippen LogP contribution < -0.4 is 5.32 Å². The molecular formula is C35H48BrN3O7. The average molecular weight is 703 g/mol. The van der Waals surface area contributed by atoms with Gasteiger partial charge in [0.05, 0.1) is 36.6 Å². The van der Waals surface area contributed by atoms with Gasteiger partial charge in [0, 0.05) is 23.8 Å². The molecular weight excluding hydrogens is 654 g/mol. The summed E-state index contributed by atoms with van der Waals surface area (Å²) in [5.41, 5.74) is -0.532. The lowest BCUT2D eigenvalue weighted by Crippen LogP contribution is -2.60. The van der Waals surface area contributed by atoms with Crippen LogP contribution in [0, 0.1) is 17.8 Å². The number of allylic oxidation sites excluding steroid dienone is 1. The number of amides is 3. The minimum Gasteiger partial charge on any atom is -0.463 e. The van der Waals surface area contributed by atoms with E-state index in [9.17, 15) is 24.3 Å². The molecule has 1 spiro atoms. The van der Waals surface area contributed by atoms with Crippen molar-refractivity contribution in [2.24, 2.45) is 17.8 Å². The van der Waals surface area contributed by atoms with E-state index < -0.39 is 53.5 Å². The van der Waals surface area contributed by atoms with Gasteiger partial charge in [-0.3, -0.25) is 19.2 Å². The highest BCUT2D eigenvalue weighted by molar-refractivity contribution is 9.09. The number of nitrogens with one attached hydrogen (secondary N) is 1. The van der Waals surface area contributed by atoms with E-state index in [-0.39, 0.29) is 54.8 Å². The highest BCUT2D eigenvalue weighted by Gasteiger charge is 2.77.